The van der Waals surface area contributed by atoms with Gasteiger partial charge in [0.1, 0.15) is 5.82 Å². The number of nitriles is 2. The molecule has 1 heterocycles. The second-order valence-corrected chi connectivity index (χ2v) is 4.71. The number of benzene rings is 2. The second kappa shape index (κ2) is 5.48. The molecule has 1 aromatic heterocycles. The Balaban J connectivity index is 2.13. The largest absolute Gasteiger partial charge is 0.323 e. The van der Waals surface area contributed by atoms with Crippen molar-refractivity contribution in [2.24, 2.45) is 0 Å². The third kappa shape index (κ3) is 2.35. The van der Waals surface area contributed by atoms with Crippen molar-refractivity contribution >= 4 is 11.0 Å². The lowest BCUT2D eigenvalue weighted by molar-refractivity contribution is 0.768. The summed E-state index contributed by atoms with van der Waals surface area (Å²) >= 11 is 0. The molecule has 0 aliphatic heterocycles. The van der Waals surface area contributed by atoms with Crippen LogP contribution in [0.15, 0.2) is 48.5 Å². The zero-order chi connectivity index (χ0) is 14.7. The highest BCUT2D eigenvalue weighted by molar-refractivity contribution is 5.76. The predicted octanol–water partition coefficient (Wildman–Crippen LogP) is 3.02. The molecule has 0 saturated carbocycles. The molecule has 0 radical (unpaired) electrons. The van der Waals surface area contributed by atoms with Crippen molar-refractivity contribution in [1.82, 2.24) is 9.55 Å². The average molecular weight is 272 g/mol. The maximum absolute atomic E-state index is 9.21. The Morgan fingerprint density at radius 3 is 2.57 bits per heavy atom. The summed E-state index contributed by atoms with van der Waals surface area (Å²) in [6.07, 6.45) is 0.253. The van der Waals surface area contributed by atoms with E-state index in [1.165, 1.54) is 0 Å². The van der Waals surface area contributed by atoms with Crippen LogP contribution in [0.5, 0.6) is 0 Å². The Bertz CT molecular complexity index is 878. The van der Waals surface area contributed by atoms with Crippen LogP contribution in [0.2, 0.25) is 0 Å². The lowest BCUT2D eigenvalue weighted by Crippen LogP contribution is -2.06. The molecule has 0 unspecified atom stereocenters. The van der Waals surface area contributed by atoms with E-state index < -0.39 is 0 Å². The minimum absolute atomic E-state index is 0.253. The number of nitrogens with zero attached hydrogens (tertiary/aromatic N) is 4. The maximum Gasteiger partial charge on any atom is 0.124 e. The van der Waals surface area contributed by atoms with E-state index in [1.807, 2.05) is 47.0 Å². The Morgan fingerprint density at radius 1 is 1.00 bits per heavy atom. The zero-order valence-electron chi connectivity index (χ0n) is 11.3. The number of aromatic nitrogens is 2. The Kier molecular flexibility index (Phi) is 3.37. The van der Waals surface area contributed by atoms with Crippen molar-refractivity contribution in [1.29, 1.82) is 10.5 Å². The van der Waals surface area contributed by atoms with E-state index in [1.54, 1.807) is 6.07 Å². The highest BCUT2D eigenvalue weighted by atomic mass is 15.1. The smallest absolute Gasteiger partial charge is 0.124 e. The summed E-state index contributed by atoms with van der Waals surface area (Å²) in [7, 11) is 0. The van der Waals surface area contributed by atoms with Crippen LogP contribution in [-0.4, -0.2) is 9.55 Å². The molecule has 0 saturated heterocycles. The minimum atomic E-state index is 0.253. The second-order valence-electron chi connectivity index (χ2n) is 4.71. The van der Waals surface area contributed by atoms with Crippen LogP contribution in [0.4, 0.5) is 0 Å². The van der Waals surface area contributed by atoms with Gasteiger partial charge in [-0.3, -0.25) is 0 Å². The van der Waals surface area contributed by atoms with Crippen molar-refractivity contribution in [2.45, 2.75) is 13.0 Å². The van der Waals surface area contributed by atoms with Crippen LogP contribution < -0.4 is 0 Å². The maximum atomic E-state index is 9.21. The molecule has 0 bridgehead atoms. The molecule has 4 heteroatoms. The van der Waals surface area contributed by atoms with Gasteiger partial charge in [-0.25, -0.2) is 4.98 Å². The normalized spacial score (nSPS) is 10.2. The van der Waals surface area contributed by atoms with Gasteiger partial charge in [-0.2, -0.15) is 10.5 Å². The molecule has 0 spiro atoms. The highest BCUT2D eigenvalue weighted by Gasteiger charge is 2.11. The van der Waals surface area contributed by atoms with Gasteiger partial charge in [0.2, 0.25) is 0 Å². The molecule has 0 atom stereocenters. The molecular formula is C17H12N4. The fourth-order valence-electron chi connectivity index (χ4n) is 2.45. The van der Waals surface area contributed by atoms with Gasteiger partial charge in [0.25, 0.3) is 0 Å². The van der Waals surface area contributed by atoms with Crippen molar-refractivity contribution in [3.63, 3.8) is 0 Å². The van der Waals surface area contributed by atoms with Crippen molar-refractivity contribution in [3.05, 3.63) is 65.5 Å². The van der Waals surface area contributed by atoms with Crippen molar-refractivity contribution in [2.75, 3.05) is 0 Å². The van der Waals surface area contributed by atoms with Gasteiger partial charge in [-0.15, -0.1) is 0 Å². The van der Waals surface area contributed by atoms with Crippen LogP contribution in [0.1, 0.15) is 17.0 Å². The molecule has 0 N–H and O–H groups in total. The Morgan fingerprint density at radius 2 is 1.76 bits per heavy atom. The summed E-state index contributed by atoms with van der Waals surface area (Å²) in [6, 6.07) is 19.7. The predicted molar refractivity (Wildman–Crippen MR) is 79.3 cm³/mol. The van der Waals surface area contributed by atoms with Crippen LogP contribution >= 0.6 is 0 Å². The third-order valence-corrected chi connectivity index (χ3v) is 3.44. The van der Waals surface area contributed by atoms with Gasteiger partial charge in [-0.05, 0) is 23.8 Å². The Hall–Kier alpha value is -3.11. The first kappa shape index (κ1) is 12.9. The molecule has 100 valence electrons. The fourth-order valence-corrected chi connectivity index (χ4v) is 2.45. The molecule has 3 rings (SSSR count). The lowest BCUT2D eigenvalue weighted by atomic mass is 10.1. The standard InChI is InChI=1S/C17H12N4/c18-10-9-17-20-15-7-3-4-8-16(15)21(17)12-14-6-2-1-5-13(14)11-19/h1-8H,9,12H2. The van der Waals surface area contributed by atoms with Gasteiger partial charge in [0, 0.05) is 0 Å². The molecule has 0 aliphatic rings. The van der Waals surface area contributed by atoms with Gasteiger partial charge in [0.05, 0.1) is 41.7 Å². The number of hydrogen-bond donors (Lipinski definition) is 0. The van der Waals surface area contributed by atoms with Gasteiger partial charge in [0.15, 0.2) is 0 Å². The van der Waals surface area contributed by atoms with Crippen LogP contribution in [0, 0.1) is 22.7 Å². The molecule has 0 aliphatic carbocycles. The summed E-state index contributed by atoms with van der Waals surface area (Å²) in [5.41, 5.74) is 3.44. The zero-order valence-corrected chi connectivity index (χ0v) is 11.3. The molecular weight excluding hydrogens is 260 g/mol. The minimum Gasteiger partial charge on any atom is -0.323 e. The van der Waals surface area contributed by atoms with E-state index in [4.69, 9.17) is 5.26 Å². The van der Waals surface area contributed by atoms with Crippen LogP contribution in [0.25, 0.3) is 11.0 Å². The summed E-state index contributed by atoms with van der Waals surface area (Å²) < 4.78 is 2.01. The van der Waals surface area contributed by atoms with E-state index in [-0.39, 0.29) is 6.42 Å². The number of fused-ring (bicyclic) bond motifs is 1. The number of rotatable bonds is 3. The van der Waals surface area contributed by atoms with Crippen molar-refractivity contribution in [3.8, 4) is 12.1 Å². The first-order chi connectivity index (χ1) is 10.3. The summed E-state index contributed by atoms with van der Waals surface area (Å²) in [4.78, 5) is 4.51. The third-order valence-electron chi connectivity index (χ3n) is 3.44. The molecule has 3 aromatic rings. The molecule has 2 aromatic carbocycles. The van der Waals surface area contributed by atoms with Gasteiger partial charge in [-0.1, -0.05) is 30.3 Å². The first-order valence-corrected chi connectivity index (χ1v) is 6.62. The van der Waals surface area contributed by atoms with Crippen LogP contribution in [0.3, 0.4) is 0 Å². The number of imidazole rings is 1. The van der Waals surface area contributed by atoms with E-state index in [0.29, 0.717) is 12.1 Å². The summed E-state index contributed by atoms with van der Waals surface area (Å²) in [6.45, 7) is 0.543. The van der Waals surface area contributed by atoms with Crippen molar-refractivity contribution < 1.29 is 0 Å². The Labute approximate surface area is 122 Å². The molecule has 0 amide bonds. The van der Waals surface area contributed by atoms with E-state index in [0.717, 1.165) is 22.4 Å². The topological polar surface area (TPSA) is 65.4 Å². The number of para-hydroxylation sites is 2. The lowest BCUT2D eigenvalue weighted by Gasteiger charge is -2.09. The molecule has 0 fully saturated rings. The average Bonchev–Trinajstić information content (AvgIpc) is 2.86. The first-order valence-electron chi connectivity index (χ1n) is 6.62. The van der Waals surface area contributed by atoms with E-state index >= 15 is 0 Å². The van der Waals surface area contributed by atoms with Gasteiger partial charge >= 0.3 is 0 Å². The molecule has 21 heavy (non-hydrogen) atoms. The molecule has 4 nitrogen and oxygen atoms in total. The SMILES string of the molecule is N#CCc1nc2ccccc2n1Cc1ccccc1C#N. The fraction of sp³-hybridized carbons (Fsp3) is 0.118. The quantitative estimate of drug-likeness (QED) is 0.736. The van der Waals surface area contributed by atoms with Crippen LogP contribution in [-0.2, 0) is 13.0 Å². The van der Waals surface area contributed by atoms with E-state index in [2.05, 4.69) is 17.1 Å². The van der Waals surface area contributed by atoms with E-state index in [9.17, 15) is 5.26 Å². The number of hydrogen-bond acceptors (Lipinski definition) is 3. The highest BCUT2D eigenvalue weighted by Crippen LogP contribution is 2.19. The van der Waals surface area contributed by atoms with Gasteiger partial charge < -0.3 is 4.57 Å². The summed E-state index contributed by atoms with van der Waals surface area (Å²) in [5, 5.41) is 18.2. The monoisotopic (exact) mass is 272 g/mol. The summed E-state index contributed by atoms with van der Waals surface area (Å²) in [5.74, 6) is 0.728.